The van der Waals surface area contributed by atoms with E-state index < -0.39 is 5.54 Å². The molecule has 0 unspecified atom stereocenters. The maximum absolute atomic E-state index is 12.2. The molecule has 3 heteroatoms. The first kappa shape index (κ1) is 13.1. The predicted molar refractivity (Wildman–Crippen MR) is 74.5 cm³/mol. The van der Waals surface area contributed by atoms with Crippen molar-refractivity contribution in [2.75, 3.05) is 5.32 Å². The molecule has 0 aromatic heterocycles. The average Bonchev–Trinajstić information content (AvgIpc) is 2.25. The maximum Gasteiger partial charge on any atom is 0.244 e. The normalized spacial score (nSPS) is 18.0. The topological polar surface area (TPSA) is 55.1 Å². The molecule has 1 aromatic carbocycles. The van der Waals surface area contributed by atoms with E-state index in [4.69, 9.17) is 5.73 Å². The Morgan fingerprint density at radius 2 is 1.89 bits per heavy atom. The Morgan fingerprint density at radius 1 is 1.28 bits per heavy atom. The average molecular weight is 246 g/mol. The Balaban J connectivity index is 2.22. The minimum Gasteiger partial charge on any atom is -0.324 e. The highest BCUT2D eigenvalue weighted by Gasteiger charge is 2.40. The van der Waals surface area contributed by atoms with Gasteiger partial charge in [-0.3, -0.25) is 4.79 Å². The molecule has 0 aliphatic heterocycles. The zero-order chi connectivity index (χ0) is 13.4. The third-order valence-electron chi connectivity index (χ3n) is 3.68. The highest BCUT2D eigenvalue weighted by atomic mass is 16.2. The van der Waals surface area contributed by atoms with Crippen molar-refractivity contribution in [1.82, 2.24) is 0 Å². The monoisotopic (exact) mass is 246 g/mol. The summed E-state index contributed by atoms with van der Waals surface area (Å²) in [6.07, 6.45) is 2.62. The van der Waals surface area contributed by atoms with E-state index in [1.165, 1.54) is 0 Å². The molecular weight excluding hydrogens is 224 g/mol. The summed E-state index contributed by atoms with van der Waals surface area (Å²) in [5.74, 6) is -0.0505. The first-order valence-electron chi connectivity index (χ1n) is 6.53. The molecule has 1 aliphatic rings. The maximum atomic E-state index is 12.2. The van der Waals surface area contributed by atoms with Gasteiger partial charge in [0, 0.05) is 5.69 Å². The lowest BCUT2D eigenvalue weighted by Gasteiger charge is -2.36. The van der Waals surface area contributed by atoms with E-state index in [2.05, 4.69) is 32.2 Å². The summed E-state index contributed by atoms with van der Waals surface area (Å²) in [4.78, 5) is 12.2. The van der Waals surface area contributed by atoms with Crippen molar-refractivity contribution in [1.29, 1.82) is 0 Å². The van der Waals surface area contributed by atoms with Gasteiger partial charge in [0.05, 0.1) is 5.54 Å². The smallest absolute Gasteiger partial charge is 0.244 e. The summed E-state index contributed by atoms with van der Waals surface area (Å²) in [6.45, 7) is 6.42. The van der Waals surface area contributed by atoms with Crippen LogP contribution in [0.4, 0.5) is 5.69 Å². The largest absolute Gasteiger partial charge is 0.324 e. The Labute approximate surface area is 109 Å². The van der Waals surface area contributed by atoms with Crippen molar-refractivity contribution in [3.05, 3.63) is 29.8 Å². The zero-order valence-corrected chi connectivity index (χ0v) is 11.4. The third kappa shape index (κ3) is 2.41. The van der Waals surface area contributed by atoms with Crippen LogP contribution in [0.2, 0.25) is 0 Å². The Kier molecular flexibility index (Phi) is 3.20. The lowest BCUT2D eigenvalue weighted by Crippen LogP contribution is -2.56. The van der Waals surface area contributed by atoms with Crippen LogP contribution in [0.1, 0.15) is 45.6 Å². The number of rotatable bonds is 2. The van der Waals surface area contributed by atoms with Crippen molar-refractivity contribution in [3.63, 3.8) is 0 Å². The van der Waals surface area contributed by atoms with Gasteiger partial charge in [-0.2, -0.15) is 0 Å². The molecule has 3 N–H and O–H groups in total. The van der Waals surface area contributed by atoms with Gasteiger partial charge in [-0.05, 0) is 36.3 Å². The van der Waals surface area contributed by atoms with Crippen LogP contribution in [-0.2, 0) is 10.2 Å². The zero-order valence-electron chi connectivity index (χ0n) is 11.4. The summed E-state index contributed by atoms with van der Waals surface area (Å²) in [5, 5.41) is 3.00. The van der Waals surface area contributed by atoms with E-state index in [1.807, 2.05) is 18.2 Å². The minimum absolute atomic E-state index is 0.00521. The van der Waals surface area contributed by atoms with Crippen molar-refractivity contribution >= 4 is 11.6 Å². The first-order chi connectivity index (χ1) is 8.33. The summed E-state index contributed by atoms with van der Waals surface area (Å²) in [5.41, 5.74) is 7.42. The van der Waals surface area contributed by atoms with Crippen LogP contribution in [0, 0.1) is 0 Å². The van der Waals surface area contributed by atoms with E-state index in [0.29, 0.717) is 0 Å². The number of nitrogens with two attached hydrogens (primary N) is 1. The Morgan fingerprint density at radius 3 is 2.39 bits per heavy atom. The number of hydrogen-bond acceptors (Lipinski definition) is 2. The van der Waals surface area contributed by atoms with Crippen LogP contribution in [0.15, 0.2) is 24.3 Å². The molecule has 18 heavy (non-hydrogen) atoms. The molecule has 1 fully saturated rings. The molecule has 2 rings (SSSR count). The fourth-order valence-electron chi connectivity index (χ4n) is 2.28. The molecule has 1 saturated carbocycles. The second kappa shape index (κ2) is 4.39. The summed E-state index contributed by atoms with van der Waals surface area (Å²) in [7, 11) is 0. The van der Waals surface area contributed by atoms with Crippen molar-refractivity contribution < 1.29 is 4.79 Å². The standard InChI is InChI=1S/C15H22N2O/c1-14(2,3)11-7-4-5-8-12(11)17-13(18)15(16)9-6-10-15/h4-5,7-8H,6,9-10,16H2,1-3H3,(H,17,18). The second-order valence-electron chi connectivity index (χ2n) is 6.26. The number of carbonyl (C=O) groups is 1. The fraction of sp³-hybridized carbons (Fsp3) is 0.533. The van der Waals surface area contributed by atoms with Gasteiger partial charge in [-0.15, -0.1) is 0 Å². The number of benzene rings is 1. The van der Waals surface area contributed by atoms with E-state index in [1.54, 1.807) is 0 Å². The summed E-state index contributed by atoms with van der Waals surface area (Å²) in [6, 6.07) is 7.94. The van der Waals surface area contributed by atoms with Gasteiger partial charge in [0.1, 0.15) is 0 Å². The number of amides is 1. The molecule has 1 amide bonds. The molecule has 0 bridgehead atoms. The van der Waals surface area contributed by atoms with Gasteiger partial charge in [0.25, 0.3) is 0 Å². The highest BCUT2D eigenvalue weighted by Crippen LogP contribution is 2.33. The SMILES string of the molecule is CC(C)(C)c1ccccc1NC(=O)C1(N)CCC1. The van der Waals surface area contributed by atoms with Crippen LogP contribution >= 0.6 is 0 Å². The van der Waals surface area contributed by atoms with E-state index in [0.717, 1.165) is 30.5 Å². The molecule has 0 saturated heterocycles. The molecular formula is C15H22N2O. The Bertz CT molecular complexity index is 456. The Hall–Kier alpha value is -1.35. The van der Waals surface area contributed by atoms with Crippen LogP contribution < -0.4 is 11.1 Å². The van der Waals surface area contributed by atoms with Crippen molar-refractivity contribution in [3.8, 4) is 0 Å². The summed E-state index contributed by atoms with van der Waals surface area (Å²) >= 11 is 0. The number of para-hydroxylation sites is 1. The summed E-state index contributed by atoms with van der Waals surface area (Å²) < 4.78 is 0. The minimum atomic E-state index is -0.648. The lowest BCUT2D eigenvalue weighted by molar-refractivity contribution is -0.123. The molecule has 0 radical (unpaired) electrons. The molecule has 98 valence electrons. The number of anilines is 1. The first-order valence-corrected chi connectivity index (χ1v) is 6.53. The number of carbonyl (C=O) groups excluding carboxylic acids is 1. The molecule has 1 aliphatic carbocycles. The highest BCUT2D eigenvalue weighted by molar-refractivity contribution is 5.99. The third-order valence-corrected chi connectivity index (χ3v) is 3.68. The predicted octanol–water partition coefficient (Wildman–Crippen LogP) is 2.80. The van der Waals surface area contributed by atoms with E-state index in [-0.39, 0.29) is 11.3 Å². The van der Waals surface area contributed by atoms with Gasteiger partial charge in [0.2, 0.25) is 5.91 Å². The van der Waals surface area contributed by atoms with Crippen LogP contribution in [0.3, 0.4) is 0 Å². The number of nitrogens with one attached hydrogen (secondary N) is 1. The van der Waals surface area contributed by atoms with Gasteiger partial charge in [-0.1, -0.05) is 39.0 Å². The van der Waals surface area contributed by atoms with Gasteiger partial charge in [-0.25, -0.2) is 0 Å². The fourth-order valence-corrected chi connectivity index (χ4v) is 2.28. The molecule has 0 heterocycles. The van der Waals surface area contributed by atoms with E-state index >= 15 is 0 Å². The van der Waals surface area contributed by atoms with Gasteiger partial charge >= 0.3 is 0 Å². The van der Waals surface area contributed by atoms with Crippen LogP contribution in [0.5, 0.6) is 0 Å². The molecule has 3 nitrogen and oxygen atoms in total. The second-order valence-corrected chi connectivity index (χ2v) is 6.26. The van der Waals surface area contributed by atoms with Crippen molar-refractivity contribution in [2.45, 2.75) is 51.0 Å². The molecule has 0 spiro atoms. The van der Waals surface area contributed by atoms with Gasteiger partial charge < -0.3 is 11.1 Å². The van der Waals surface area contributed by atoms with E-state index in [9.17, 15) is 4.79 Å². The molecule has 0 atom stereocenters. The van der Waals surface area contributed by atoms with Gasteiger partial charge in [0.15, 0.2) is 0 Å². The van der Waals surface area contributed by atoms with Crippen molar-refractivity contribution in [2.24, 2.45) is 5.73 Å². The number of hydrogen-bond donors (Lipinski definition) is 2. The lowest BCUT2D eigenvalue weighted by atomic mass is 9.77. The molecule has 1 aromatic rings. The van der Waals surface area contributed by atoms with Crippen LogP contribution in [-0.4, -0.2) is 11.4 Å². The quantitative estimate of drug-likeness (QED) is 0.843. The van der Waals surface area contributed by atoms with Crippen LogP contribution in [0.25, 0.3) is 0 Å².